The minimum absolute atomic E-state index is 0.0616. The van der Waals surface area contributed by atoms with Crippen LogP contribution < -0.4 is 10.6 Å². The van der Waals surface area contributed by atoms with Crippen LogP contribution in [0.2, 0.25) is 0 Å². The fourth-order valence-electron chi connectivity index (χ4n) is 1.83. The fraction of sp³-hybridized carbons (Fsp3) is 0.583. The SMILES string of the molecule is O=C(NCCc1cccs1)NC1CCOCC1. The first-order valence-electron chi connectivity index (χ1n) is 5.99. The molecular formula is C12H18N2O2S. The quantitative estimate of drug-likeness (QED) is 0.860. The summed E-state index contributed by atoms with van der Waals surface area (Å²) in [5.41, 5.74) is 0. The molecule has 1 saturated heterocycles. The lowest BCUT2D eigenvalue weighted by Gasteiger charge is -2.23. The summed E-state index contributed by atoms with van der Waals surface area (Å²) in [6, 6.07) is 4.32. The maximum absolute atomic E-state index is 11.6. The van der Waals surface area contributed by atoms with E-state index in [0.29, 0.717) is 6.54 Å². The van der Waals surface area contributed by atoms with Crippen molar-refractivity contribution in [3.8, 4) is 0 Å². The number of urea groups is 1. The highest BCUT2D eigenvalue weighted by atomic mass is 32.1. The van der Waals surface area contributed by atoms with Crippen molar-refractivity contribution in [2.75, 3.05) is 19.8 Å². The standard InChI is InChI=1S/C12H18N2O2S/c15-12(14-10-4-7-16-8-5-10)13-6-3-11-2-1-9-17-11/h1-2,9-10H,3-8H2,(H2,13,14,15). The molecule has 2 rings (SSSR count). The lowest BCUT2D eigenvalue weighted by Crippen LogP contribution is -2.44. The van der Waals surface area contributed by atoms with Gasteiger partial charge in [0.05, 0.1) is 0 Å². The van der Waals surface area contributed by atoms with Gasteiger partial charge in [-0.25, -0.2) is 4.79 Å². The smallest absolute Gasteiger partial charge is 0.315 e. The van der Waals surface area contributed by atoms with Gasteiger partial charge >= 0.3 is 6.03 Å². The van der Waals surface area contributed by atoms with E-state index < -0.39 is 0 Å². The predicted octanol–water partition coefficient (Wildman–Crippen LogP) is 1.77. The van der Waals surface area contributed by atoms with E-state index in [-0.39, 0.29) is 12.1 Å². The third kappa shape index (κ3) is 4.36. The maximum atomic E-state index is 11.6. The first-order valence-corrected chi connectivity index (χ1v) is 6.87. The molecule has 1 aliphatic rings. The van der Waals surface area contributed by atoms with E-state index >= 15 is 0 Å². The zero-order chi connectivity index (χ0) is 11.9. The topological polar surface area (TPSA) is 50.4 Å². The van der Waals surface area contributed by atoms with Gasteiger partial charge in [-0.05, 0) is 30.7 Å². The molecule has 4 nitrogen and oxygen atoms in total. The summed E-state index contributed by atoms with van der Waals surface area (Å²) < 4.78 is 5.24. The third-order valence-corrected chi connectivity index (χ3v) is 3.73. The highest BCUT2D eigenvalue weighted by molar-refractivity contribution is 7.09. The van der Waals surface area contributed by atoms with Crippen LogP contribution >= 0.6 is 11.3 Å². The van der Waals surface area contributed by atoms with Crippen LogP contribution in [0.15, 0.2) is 17.5 Å². The normalized spacial score (nSPS) is 16.7. The summed E-state index contributed by atoms with van der Waals surface area (Å²) in [5, 5.41) is 7.91. The Bertz CT molecular complexity index is 334. The first kappa shape index (κ1) is 12.4. The summed E-state index contributed by atoms with van der Waals surface area (Å²) in [6.45, 7) is 2.19. The lowest BCUT2D eigenvalue weighted by molar-refractivity contribution is 0.0801. The van der Waals surface area contributed by atoms with Crippen LogP contribution in [-0.4, -0.2) is 31.8 Å². The molecule has 0 aromatic carbocycles. The maximum Gasteiger partial charge on any atom is 0.315 e. The summed E-state index contributed by atoms with van der Waals surface area (Å²) in [4.78, 5) is 12.9. The Morgan fingerprint density at radius 1 is 1.47 bits per heavy atom. The fourth-order valence-corrected chi connectivity index (χ4v) is 2.54. The van der Waals surface area contributed by atoms with Crippen molar-refractivity contribution in [3.05, 3.63) is 22.4 Å². The summed E-state index contributed by atoms with van der Waals surface area (Å²) in [6.07, 6.45) is 2.73. The molecule has 0 aliphatic carbocycles. The molecular weight excluding hydrogens is 236 g/mol. The number of carbonyl (C=O) groups excluding carboxylic acids is 1. The van der Waals surface area contributed by atoms with Crippen molar-refractivity contribution >= 4 is 17.4 Å². The third-order valence-electron chi connectivity index (χ3n) is 2.79. The van der Waals surface area contributed by atoms with Gasteiger partial charge in [0.2, 0.25) is 0 Å². The van der Waals surface area contributed by atoms with Crippen LogP contribution in [0.5, 0.6) is 0 Å². The number of carbonyl (C=O) groups is 1. The van der Waals surface area contributed by atoms with E-state index in [1.807, 2.05) is 6.07 Å². The van der Waals surface area contributed by atoms with Crippen molar-refractivity contribution in [2.45, 2.75) is 25.3 Å². The second-order valence-corrected chi connectivity index (χ2v) is 5.15. The van der Waals surface area contributed by atoms with Crippen LogP contribution in [0.1, 0.15) is 17.7 Å². The molecule has 0 saturated carbocycles. The Morgan fingerprint density at radius 3 is 3.00 bits per heavy atom. The molecule has 0 radical (unpaired) electrons. The first-order chi connectivity index (χ1) is 8.34. The molecule has 1 fully saturated rings. The Morgan fingerprint density at radius 2 is 2.29 bits per heavy atom. The van der Waals surface area contributed by atoms with Crippen molar-refractivity contribution in [1.82, 2.24) is 10.6 Å². The van der Waals surface area contributed by atoms with Gasteiger partial charge in [-0.3, -0.25) is 0 Å². The molecule has 0 atom stereocenters. The Kier molecular flexibility index (Phi) is 4.82. The monoisotopic (exact) mass is 254 g/mol. The van der Waals surface area contributed by atoms with Crippen molar-refractivity contribution < 1.29 is 9.53 Å². The van der Waals surface area contributed by atoms with Gasteiger partial charge in [0, 0.05) is 30.7 Å². The van der Waals surface area contributed by atoms with Crippen LogP contribution in [0.4, 0.5) is 4.79 Å². The largest absolute Gasteiger partial charge is 0.381 e. The molecule has 2 N–H and O–H groups in total. The zero-order valence-electron chi connectivity index (χ0n) is 9.78. The predicted molar refractivity (Wildman–Crippen MR) is 68.4 cm³/mol. The van der Waals surface area contributed by atoms with Gasteiger partial charge < -0.3 is 15.4 Å². The van der Waals surface area contributed by atoms with E-state index in [9.17, 15) is 4.79 Å². The van der Waals surface area contributed by atoms with Crippen LogP contribution in [0, 0.1) is 0 Å². The van der Waals surface area contributed by atoms with E-state index in [1.165, 1.54) is 4.88 Å². The minimum Gasteiger partial charge on any atom is -0.381 e. The summed E-state index contributed by atoms with van der Waals surface area (Å²) >= 11 is 1.72. The molecule has 94 valence electrons. The minimum atomic E-state index is -0.0616. The van der Waals surface area contributed by atoms with Crippen LogP contribution in [-0.2, 0) is 11.2 Å². The van der Waals surface area contributed by atoms with Crippen molar-refractivity contribution in [2.24, 2.45) is 0 Å². The number of amides is 2. The Balaban J connectivity index is 1.60. The number of rotatable bonds is 4. The Hall–Kier alpha value is -1.07. The molecule has 0 unspecified atom stereocenters. The van der Waals surface area contributed by atoms with Gasteiger partial charge in [-0.15, -0.1) is 11.3 Å². The number of hydrogen-bond donors (Lipinski definition) is 2. The molecule has 17 heavy (non-hydrogen) atoms. The molecule has 1 aromatic rings. The summed E-state index contributed by atoms with van der Waals surface area (Å²) in [5.74, 6) is 0. The highest BCUT2D eigenvalue weighted by Gasteiger charge is 2.15. The summed E-state index contributed by atoms with van der Waals surface area (Å²) in [7, 11) is 0. The van der Waals surface area contributed by atoms with Gasteiger partial charge in [-0.2, -0.15) is 0 Å². The molecule has 0 spiro atoms. The zero-order valence-corrected chi connectivity index (χ0v) is 10.6. The van der Waals surface area contributed by atoms with Crippen LogP contribution in [0.25, 0.3) is 0 Å². The molecule has 2 amide bonds. The van der Waals surface area contributed by atoms with Gasteiger partial charge in [0.25, 0.3) is 0 Å². The molecule has 2 heterocycles. The molecule has 5 heteroatoms. The van der Waals surface area contributed by atoms with E-state index in [1.54, 1.807) is 11.3 Å². The van der Waals surface area contributed by atoms with E-state index in [2.05, 4.69) is 22.1 Å². The average molecular weight is 254 g/mol. The van der Waals surface area contributed by atoms with E-state index in [0.717, 1.165) is 32.5 Å². The number of hydrogen-bond acceptors (Lipinski definition) is 3. The van der Waals surface area contributed by atoms with Gasteiger partial charge in [0.15, 0.2) is 0 Å². The average Bonchev–Trinajstić information content (AvgIpc) is 2.83. The van der Waals surface area contributed by atoms with Gasteiger partial charge in [-0.1, -0.05) is 6.07 Å². The van der Waals surface area contributed by atoms with Crippen LogP contribution in [0.3, 0.4) is 0 Å². The Labute approximate surface area is 105 Å². The van der Waals surface area contributed by atoms with E-state index in [4.69, 9.17) is 4.74 Å². The lowest BCUT2D eigenvalue weighted by atomic mass is 10.1. The molecule has 0 bridgehead atoms. The second-order valence-electron chi connectivity index (χ2n) is 4.12. The molecule has 1 aliphatic heterocycles. The second kappa shape index (κ2) is 6.61. The number of ether oxygens (including phenoxy) is 1. The van der Waals surface area contributed by atoms with Gasteiger partial charge in [0.1, 0.15) is 0 Å². The number of nitrogens with one attached hydrogen (secondary N) is 2. The molecule has 1 aromatic heterocycles. The number of thiophene rings is 1. The van der Waals surface area contributed by atoms with Crippen molar-refractivity contribution in [3.63, 3.8) is 0 Å². The van der Waals surface area contributed by atoms with Crippen molar-refractivity contribution in [1.29, 1.82) is 0 Å². The highest BCUT2D eigenvalue weighted by Crippen LogP contribution is 2.08.